The van der Waals surface area contributed by atoms with Crippen molar-refractivity contribution in [3.8, 4) is 0 Å². The third-order valence-electron chi connectivity index (χ3n) is 5.86. The average Bonchev–Trinajstić information content (AvgIpc) is 3.06. The topological polar surface area (TPSA) is 70.2 Å². The molecule has 1 saturated carbocycles. The van der Waals surface area contributed by atoms with E-state index in [4.69, 9.17) is 0 Å². The Bertz CT molecular complexity index is 783. The van der Waals surface area contributed by atoms with Crippen molar-refractivity contribution < 1.29 is 4.79 Å². The van der Waals surface area contributed by atoms with E-state index in [0.29, 0.717) is 17.7 Å². The molecule has 6 nitrogen and oxygen atoms in total. The van der Waals surface area contributed by atoms with E-state index in [1.54, 1.807) is 25.1 Å². The zero-order valence-electron chi connectivity index (χ0n) is 16.1. The highest BCUT2D eigenvalue weighted by atomic mass is 32.2. The van der Waals surface area contributed by atoms with Crippen LogP contribution in [0.1, 0.15) is 37.2 Å². The van der Waals surface area contributed by atoms with Gasteiger partial charge in [0.2, 0.25) is 0 Å². The smallest absolute Gasteiger partial charge is 0.250 e. The summed E-state index contributed by atoms with van der Waals surface area (Å²) in [7, 11) is 6.00. The maximum Gasteiger partial charge on any atom is 0.250 e. The molecule has 3 aliphatic rings. The Morgan fingerprint density at radius 1 is 1.22 bits per heavy atom. The van der Waals surface area contributed by atoms with Crippen LogP contribution in [0.25, 0.3) is 0 Å². The number of allylic oxidation sites excluding steroid dienone is 1. The lowest BCUT2D eigenvalue weighted by atomic mass is 9.88. The number of carbonyl (C=O) groups excluding carboxylic acids is 1. The molecule has 1 fully saturated rings. The van der Waals surface area contributed by atoms with Crippen molar-refractivity contribution in [3.05, 3.63) is 35.7 Å². The number of amides is 1. The fourth-order valence-electron chi connectivity index (χ4n) is 4.27. The molecule has 2 heterocycles. The van der Waals surface area contributed by atoms with E-state index >= 15 is 0 Å². The Balaban J connectivity index is 1.55. The zero-order chi connectivity index (χ0) is 19.0. The first-order valence-electron chi connectivity index (χ1n) is 9.63. The second kappa shape index (κ2) is 7.64. The number of fused-ring (bicyclic) bond motifs is 3. The van der Waals surface area contributed by atoms with Crippen LogP contribution < -0.4 is 10.6 Å². The Hall–Kier alpha value is -1.86. The van der Waals surface area contributed by atoms with Gasteiger partial charge in [0.15, 0.2) is 0 Å². The molecule has 27 heavy (non-hydrogen) atoms. The van der Waals surface area contributed by atoms with Crippen molar-refractivity contribution >= 4 is 23.5 Å². The summed E-state index contributed by atoms with van der Waals surface area (Å²) in [5, 5.41) is 7.73. The normalized spacial score (nSPS) is 29.1. The summed E-state index contributed by atoms with van der Waals surface area (Å²) >= 11 is 1.76. The van der Waals surface area contributed by atoms with Gasteiger partial charge >= 0.3 is 0 Å². The van der Waals surface area contributed by atoms with Gasteiger partial charge in [-0.25, -0.2) is 9.97 Å². The van der Waals surface area contributed by atoms with E-state index in [-0.39, 0.29) is 17.1 Å². The van der Waals surface area contributed by atoms with E-state index in [1.165, 1.54) is 12.8 Å². The Kier molecular flexibility index (Phi) is 5.23. The molecule has 1 aliphatic heterocycles. The van der Waals surface area contributed by atoms with Crippen LogP contribution in [-0.2, 0) is 4.79 Å². The van der Waals surface area contributed by atoms with Crippen molar-refractivity contribution in [2.75, 3.05) is 26.5 Å². The first-order chi connectivity index (χ1) is 13.1. The Morgan fingerprint density at radius 3 is 2.70 bits per heavy atom. The van der Waals surface area contributed by atoms with Crippen molar-refractivity contribution in [2.24, 2.45) is 0 Å². The maximum atomic E-state index is 12.1. The van der Waals surface area contributed by atoms with Crippen molar-refractivity contribution in [2.45, 2.75) is 54.0 Å². The lowest BCUT2D eigenvalue weighted by Crippen LogP contribution is -2.36. The number of thioether (sulfide) groups is 1. The van der Waals surface area contributed by atoms with Gasteiger partial charge in [-0.05, 0) is 39.8 Å². The molecule has 0 aromatic carbocycles. The third-order valence-corrected chi connectivity index (χ3v) is 7.14. The molecule has 7 heteroatoms. The van der Waals surface area contributed by atoms with Gasteiger partial charge in [-0.15, -0.1) is 0 Å². The van der Waals surface area contributed by atoms with Crippen LogP contribution in [0, 0.1) is 0 Å². The molecule has 1 amide bonds. The van der Waals surface area contributed by atoms with E-state index < -0.39 is 0 Å². The van der Waals surface area contributed by atoms with Gasteiger partial charge < -0.3 is 15.5 Å². The molecule has 0 bridgehead atoms. The minimum Gasteiger partial charge on any atom is -0.367 e. The van der Waals surface area contributed by atoms with Crippen LogP contribution in [-0.4, -0.2) is 59.3 Å². The van der Waals surface area contributed by atoms with Crippen molar-refractivity contribution in [3.63, 3.8) is 0 Å². The predicted octanol–water partition coefficient (Wildman–Crippen LogP) is 2.56. The molecular weight excluding hydrogens is 358 g/mol. The van der Waals surface area contributed by atoms with Gasteiger partial charge in [-0.2, -0.15) is 0 Å². The second-order valence-corrected chi connectivity index (χ2v) is 8.89. The first-order valence-corrected chi connectivity index (χ1v) is 10.5. The molecule has 4 rings (SSSR count). The Labute approximate surface area is 164 Å². The van der Waals surface area contributed by atoms with E-state index in [1.807, 2.05) is 6.08 Å². The monoisotopic (exact) mass is 385 g/mol. The van der Waals surface area contributed by atoms with Crippen molar-refractivity contribution in [1.82, 2.24) is 20.2 Å². The highest BCUT2D eigenvalue weighted by molar-refractivity contribution is 8.00. The standard InChI is InChI=1S/C20H27N5OS/c1-21-19(26)12-4-9-16-15(10-12)17-18(22-11-23-20(17)27-16)24-13-5-7-14(8-6-13)25(2)3/h4,9-11,13-16H,5-8H2,1-3H3,(H,21,26)(H,22,23,24). The molecular formula is C20H27N5OS. The minimum absolute atomic E-state index is 0.0449. The van der Waals surface area contributed by atoms with Gasteiger partial charge in [0.05, 0.1) is 0 Å². The van der Waals surface area contributed by atoms with Gasteiger partial charge in [0.25, 0.3) is 5.91 Å². The van der Waals surface area contributed by atoms with E-state index in [0.717, 1.165) is 29.2 Å². The van der Waals surface area contributed by atoms with Crippen LogP contribution in [0.5, 0.6) is 0 Å². The van der Waals surface area contributed by atoms with Crippen LogP contribution in [0.4, 0.5) is 5.82 Å². The number of hydrogen-bond acceptors (Lipinski definition) is 6. The van der Waals surface area contributed by atoms with Crippen molar-refractivity contribution in [1.29, 1.82) is 0 Å². The lowest BCUT2D eigenvalue weighted by molar-refractivity contribution is -0.116. The summed E-state index contributed by atoms with van der Waals surface area (Å²) in [5.41, 5.74) is 1.86. The fraction of sp³-hybridized carbons (Fsp3) is 0.550. The highest BCUT2D eigenvalue weighted by Crippen LogP contribution is 2.50. The highest BCUT2D eigenvalue weighted by Gasteiger charge is 2.37. The minimum atomic E-state index is -0.0449. The quantitative estimate of drug-likeness (QED) is 0.777. The molecule has 1 aromatic heterocycles. The largest absolute Gasteiger partial charge is 0.367 e. The van der Waals surface area contributed by atoms with Gasteiger partial charge in [-0.1, -0.05) is 30.0 Å². The molecule has 2 unspecified atom stereocenters. The number of anilines is 1. The van der Waals surface area contributed by atoms with Gasteiger partial charge in [0.1, 0.15) is 17.2 Å². The maximum absolute atomic E-state index is 12.1. The zero-order valence-corrected chi connectivity index (χ0v) is 16.9. The fourth-order valence-corrected chi connectivity index (χ4v) is 5.51. The molecule has 144 valence electrons. The van der Waals surface area contributed by atoms with Crippen LogP contribution >= 0.6 is 11.8 Å². The molecule has 2 N–H and O–H groups in total. The van der Waals surface area contributed by atoms with Crippen LogP contribution in [0.15, 0.2) is 35.2 Å². The molecule has 2 aliphatic carbocycles. The molecule has 1 aromatic rings. The van der Waals surface area contributed by atoms with E-state index in [2.05, 4.69) is 51.7 Å². The number of likely N-dealkylation sites (N-methyl/N-ethyl adjacent to an activating group) is 1. The number of aromatic nitrogens is 2. The summed E-state index contributed by atoms with van der Waals surface area (Å²) in [4.78, 5) is 23.5. The summed E-state index contributed by atoms with van der Waals surface area (Å²) in [6, 6.07) is 1.13. The third kappa shape index (κ3) is 3.62. The second-order valence-electron chi connectivity index (χ2n) is 7.72. The number of nitrogens with one attached hydrogen (secondary N) is 2. The van der Waals surface area contributed by atoms with Crippen LogP contribution in [0.2, 0.25) is 0 Å². The summed E-state index contributed by atoms with van der Waals surface area (Å²) < 4.78 is 0. The van der Waals surface area contributed by atoms with E-state index in [9.17, 15) is 4.79 Å². The van der Waals surface area contributed by atoms with Gasteiger partial charge in [0, 0.05) is 41.4 Å². The predicted molar refractivity (Wildman–Crippen MR) is 109 cm³/mol. The SMILES string of the molecule is CNC(=O)C1=CC2c3c(NC4CCC(N(C)C)CC4)ncnc3SC2C=C1. The summed E-state index contributed by atoms with van der Waals surface area (Å²) in [5.74, 6) is 1.04. The molecule has 0 spiro atoms. The molecule has 0 radical (unpaired) electrons. The Morgan fingerprint density at radius 2 is 2.00 bits per heavy atom. The number of carbonyl (C=O) groups is 1. The average molecular weight is 386 g/mol. The summed E-state index contributed by atoms with van der Waals surface area (Å²) in [6.07, 6.45) is 12.5. The number of hydrogen-bond donors (Lipinski definition) is 2. The lowest BCUT2D eigenvalue weighted by Gasteiger charge is -2.33. The molecule has 2 atom stereocenters. The number of rotatable bonds is 4. The first kappa shape index (κ1) is 18.5. The van der Waals surface area contributed by atoms with Gasteiger partial charge in [-0.3, -0.25) is 4.79 Å². The molecule has 0 saturated heterocycles. The van der Waals surface area contributed by atoms with Crippen LogP contribution in [0.3, 0.4) is 0 Å². The summed E-state index contributed by atoms with van der Waals surface area (Å²) in [6.45, 7) is 0. The number of nitrogens with zero attached hydrogens (tertiary/aromatic N) is 3.